The van der Waals surface area contributed by atoms with Crippen LogP contribution in [-0.4, -0.2) is 36.8 Å². The zero-order chi connectivity index (χ0) is 15.5. The van der Waals surface area contributed by atoms with Gasteiger partial charge in [0.2, 0.25) is 10.0 Å². The van der Waals surface area contributed by atoms with Gasteiger partial charge in [0, 0.05) is 11.3 Å². The van der Waals surface area contributed by atoms with Crippen LogP contribution in [-0.2, 0) is 10.0 Å². The lowest BCUT2D eigenvalue weighted by molar-refractivity contribution is -0.388. The predicted molar refractivity (Wildman–Crippen MR) is 76.3 cm³/mol. The second kappa shape index (κ2) is 6.53. The Morgan fingerprint density at radius 2 is 2.00 bits per heavy atom. The fourth-order valence-electron chi connectivity index (χ4n) is 1.32. The van der Waals surface area contributed by atoms with E-state index in [1.807, 2.05) is 0 Å². The van der Waals surface area contributed by atoms with Gasteiger partial charge < -0.3 is 5.11 Å². The van der Waals surface area contributed by atoms with E-state index in [0.29, 0.717) is 4.90 Å². The van der Waals surface area contributed by atoms with Crippen LogP contribution in [0.2, 0.25) is 0 Å². The van der Waals surface area contributed by atoms with Gasteiger partial charge in [-0.2, -0.15) is 0 Å². The third-order valence-electron chi connectivity index (χ3n) is 2.70. The fourth-order valence-corrected chi connectivity index (χ4v) is 3.07. The summed E-state index contributed by atoms with van der Waals surface area (Å²) >= 11 is 1.13. The van der Waals surface area contributed by atoms with Crippen LogP contribution in [0.5, 0.6) is 0 Å². The zero-order valence-electron chi connectivity index (χ0n) is 11.2. The minimum absolute atomic E-state index is 0.166. The van der Waals surface area contributed by atoms with Gasteiger partial charge in [0.1, 0.15) is 0 Å². The molecule has 0 fully saturated rings. The summed E-state index contributed by atoms with van der Waals surface area (Å²) in [4.78, 5) is 10.6. The quantitative estimate of drug-likeness (QED) is 0.465. The molecule has 0 saturated carbocycles. The lowest BCUT2D eigenvalue weighted by Crippen LogP contribution is -2.19. The van der Waals surface area contributed by atoms with Gasteiger partial charge in [0.15, 0.2) is 0 Å². The topological polar surface area (TPSA) is 110 Å². The van der Waals surface area contributed by atoms with Crippen LogP contribution >= 0.6 is 11.8 Å². The van der Waals surface area contributed by atoms with E-state index in [1.165, 1.54) is 19.2 Å². The molecule has 0 bridgehead atoms. The number of nitrogens with zero attached hydrogens (tertiary/aromatic N) is 1. The molecule has 2 atom stereocenters. The maximum absolute atomic E-state index is 11.6. The number of rotatable bonds is 6. The normalized spacial score (nSPS) is 14.8. The van der Waals surface area contributed by atoms with Crippen LogP contribution in [0.3, 0.4) is 0 Å². The maximum atomic E-state index is 11.6. The van der Waals surface area contributed by atoms with Gasteiger partial charge in [-0.25, -0.2) is 13.1 Å². The zero-order valence-corrected chi connectivity index (χ0v) is 12.9. The highest BCUT2D eigenvalue weighted by molar-refractivity contribution is 8.00. The largest absolute Gasteiger partial charge is 0.392 e. The smallest absolute Gasteiger partial charge is 0.284 e. The number of hydrogen-bond acceptors (Lipinski definition) is 6. The van der Waals surface area contributed by atoms with Crippen molar-refractivity contribution in [3.05, 3.63) is 28.3 Å². The van der Waals surface area contributed by atoms with Gasteiger partial charge in [-0.05, 0) is 26.1 Å². The van der Waals surface area contributed by atoms with Gasteiger partial charge in [-0.1, -0.05) is 6.92 Å². The van der Waals surface area contributed by atoms with Gasteiger partial charge in [0.05, 0.1) is 20.8 Å². The number of aliphatic hydroxyl groups is 1. The second-order valence-electron chi connectivity index (χ2n) is 4.16. The molecule has 1 aromatic rings. The van der Waals surface area contributed by atoms with Crippen LogP contribution in [0.25, 0.3) is 0 Å². The van der Waals surface area contributed by atoms with Crippen LogP contribution in [0.15, 0.2) is 28.0 Å². The molecule has 2 N–H and O–H groups in total. The first kappa shape index (κ1) is 16.9. The Morgan fingerprint density at radius 1 is 1.40 bits per heavy atom. The number of nitro benzene ring substituents is 1. The van der Waals surface area contributed by atoms with Crippen molar-refractivity contribution in [3.8, 4) is 0 Å². The number of thioether (sulfide) groups is 1. The number of nitro groups is 1. The first-order chi connectivity index (χ1) is 9.19. The molecule has 112 valence electrons. The number of nitrogens with one attached hydrogen (secondary N) is 1. The van der Waals surface area contributed by atoms with Crippen molar-refractivity contribution in [2.75, 3.05) is 7.05 Å². The van der Waals surface area contributed by atoms with E-state index in [1.54, 1.807) is 13.8 Å². The van der Waals surface area contributed by atoms with E-state index < -0.39 is 21.1 Å². The molecule has 0 aromatic heterocycles. The molecular weight excluding hydrogens is 304 g/mol. The average Bonchev–Trinajstić information content (AvgIpc) is 2.38. The monoisotopic (exact) mass is 320 g/mol. The highest BCUT2D eigenvalue weighted by atomic mass is 32.2. The van der Waals surface area contributed by atoms with Crippen LogP contribution < -0.4 is 4.72 Å². The van der Waals surface area contributed by atoms with E-state index in [2.05, 4.69) is 4.72 Å². The lowest BCUT2D eigenvalue weighted by atomic mass is 10.3. The number of sulfonamides is 1. The third kappa shape index (κ3) is 3.92. The molecule has 0 amide bonds. The lowest BCUT2D eigenvalue weighted by Gasteiger charge is -2.14. The Labute approximate surface area is 121 Å². The van der Waals surface area contributed by atoms with Crippen molar-refractivity contribution in [3.63, 3.8) is 0 Å². The third-order valence-corrected chi connectivity index (χ3v) is 5.48. The van der Waals surface area contributed by atoms with E-state index in [-0.39, 0.29) is 15.8 Å². The Balaban J connectivity index is 3.25. The molecule has 1 aromatic carbocycles. The molecule has 0 heterocycles. The van der Waals surface area contributed by atoms with Crippen molar-refractivity contribution in [2.24, 2.45) is 0 Å². The highest BCUT2D eigenvalue weighted by Crippen LogP contribution is 2.34. The van der Waals surface area contributed by atoms with Crippen LogP contribution in [0, 0.1) is 10.1 Å². The molecule has 0 aliphatic heterocycles. The summed E-state index contributed by atoms with van der Waals surface area (Å²) in [6.45, 7) is 3.32. The van der Waals surface area contributed by atoms with Crippen molar-refractivity contribution < 1.29 is 18.4 Å². The summed E-state index contributed by atoms with van der Waals surface area (Å²) in [6, 6.07) is 3.70. The Bertz CT molecular complexity index is 601. The molecule has 0 saturated heterocycles. The van der Waals surface area contributed by atoms with Crippen LogP contribution in [0.4, 0.5) is 5.69 Å². The Kier molecular flexibility index (Phi) is 5.51. The predicted octanol–water partition coefficient (Wildman–Crippen LogP) is 1.36. The standard InChI is InChI=1S/C11H16N2O5S2/c1-7(14)8(2)19-11-5-4-9(20(17,18)12-3)6-10(11)13(15)16/h4-8,12,14H,1-3H3. The number of aliphatic hydroxyl groups excluding tert-OH is 1. The van der Waals surface area contributed by atoms with Gasteiger partial charge in [-0.15, -0.1) is 11.8 Å². The number of benzene rings is 1. The summed E-state index contributed by atoms with van der Waals surface area (Å²) < 4.78 is 25.4. The SMILES string of the molecule is CNS(=O)(=O)c1ccc(SC(C)C(C)O)c([N+](=O)[O-])c1. The maximum Gasteiger partial charge on any atom is 0.284 e. The molecule has 2 unspecified atom stereocenters. The van der Waals surface area contributed by atoms with E-state index in [0.717, 1.165) is 17.8 Å². The fraction of sp³-hybridized carbons (Fsp3) is 0.455. The molecule has 0 spiro atoms. The first-order valence-electron chi connectivity index (χ1n) is 5.75. The molecule has 1 rings (SSSR count). The average molecular weight is 320 g/mol. The highest BCUT2D eigenvalue weighted by Gasteiger charge is 2.22. The van der Waals surface area contributed by atoms with Crippen molar-refractivity contribution in [2.45, 2.75) is 35.0 Å². The molecule has 0 aliphatic carbocycles. The Morgan fingerprint density at radius 3 is 2.45 bits per heavy atom. The summed E-state index contributed by atoms with van der Waals surface area (Å²) in [5.74, 6) is 0. The number of hydrogen-bond donors (Lipinski definition) is 2. The molecule has 0 aliphatic rings. The molecular formula is C11H16N2O5S2. The minimum Gasteiger partial charge on any atom is -0.392 e. The van der Waals surface area contributed by atoms with E-state index >= 15 is 0 Å². The molecule has 20 heavy (non-hydrogen) atoms. The van der Waals surface area contributed by atoms with E-state index in [9.17, 15) is 23.6 Å². The summed E-state index contributed by atoms with van der Waals surface area (Å²) in [7, 11) is -2.49. The first-order valence-corrected chi connectivity index (χ1v) is 8.12. The van der Waals surface area contributed by atoms with Crippen molar-refractivity contribution in [1.29, 1.82) is 0 Å². The minimum atomic E-state index is -3.73. The molecule has 7 nitrogen and oxygen atoms in total. The second-order valence-corrected chi connectivity index (χ2v) is 7.46. The van der Waals surface area contributed by atoms with Gasteiger partial charge in [0.25, 0.3) is 5.69 Å². The van der Waals surface area contributed by atoms with Gasteiger partial charge in [-0.3, -0.25) is 10.1 Å². The summed E-state index contributed by atoms with van der Waals surface area (Å²) in [5.41, 5.74) is -0.293. The molecule has 0 radical (unpaired) electrons. The summed E-state index contributed by atoms with van der Waals surface area (Å²) in [6.07, 6.45) is -0.639. The van der Waals surface area contributed by atoms with Gasteiger partial charge >= 0.3 is 0 Å². The Hall–Kier alpha value is -1.16. The van der Waals surface area contributed by atoms with Crippen molar-refractivity contribution in [1.82, 2.24) is 4.72 Å². The van der Waals surface area contributed by atoms with Crippen LogP contribution in [0.1, 0.15) is 13.8 Å². The summed E-state index contributed by atoms with van der Waals surface area (Å²) in [5, 5.41) is 20.2. The van der Waals surface area contributed by atoms with E-state index in [4.69, 9.17) is 0 Å². The molecule has 9 heteroatoms. The van der Waals surface area contributed by atoms with Crippen molar-refractivity contribution >= 4 is 27.5 Å².